The minimum atomic E-state index is 0. The second-order valence-corrected chi connectivity index (χ2v) is 5.94. The summed E-state index contributed by atoms with van der Waals surface area (Å²) in [6.07, 6.45) is 3.54. The Morgan fingerprint density at radius 1 is 1.30 bits per heavy atom. The highest BCUT2D eigenvalue weighted by molar-refractivity contribution is 14.0. The van der Waals surface area contributed by atoms with Crippen molar-refractivity contribution < 1.29 is 4.79 Å². The van der Waals surface area contributed by atoms with Gasteiger partial charge in [-0.1, -0.05) is 18.2 Å². The molecule has 5 nitrogen and oxygen atoms in total. The van der Waals surface area contributed by atoms with Crippen LogP contribution in [0.2, 0.25) is 0 Å². The molecule has 0 bridgehead atoms. The van der Waals surface area contributed by atoms with Crippen LogP contribution in [0.4, 0.5) is 5.69 Å². The number of para-hydroxylation sites is 1. The second kappa shape index (κ2) is 8.52. The first-order valence-electron chi connectivity index (χ1n) is 8.18. The highest BCUT2D eigenvalue weighted by atomic mass is 127. The van der Waals surface area contributed by atoms with Crippen LogP contribution in [0.5, 0.6) is 0 Å². The predicted octanol–water partition coefficient (Wildman–Crippen LogP) is 2.16. The van der Waals surface area contributed by atoms with Crippen molar-refractivity contribution in [3.8, 4) is 0 Å². The smallest absolute Gasteiger partial charge is 0.248 e. The van der Waals surface area contributed by atoms with Gasteiger partial charge in [-0.25, -0.2) is 4.99 Å². The van der Waals surface area contributed by atoms with Crippen molar-refractivity contribution >= 4 is 41.5 Å². The Morgan fingerprint density at radius 2 is 2.09 bits per heavy atom. The number of nitrogens with one attached hydrogen (secondary N) is 2. The first-order valence-corrected chi connectivity index (χ1v) is 8.18. The molecule has 1 aliphatic carbocycles. The van der Waals surface area contributed by atoms with Gasteiger partial charge in [0.1, 0.15) is 6.54 Å². The van der Waals surface area contributed by atoms with Gasteiger partial charge in [-0.05, 0) is 43.7 Å². The topological polar surface area (TPSA) is 56.7 Å². The van der Waals surface area contributed by atoms with Crippen LogP contribution in [0.25, 0.3) is 0 Å². The third-order valence-electron chi connectivity index (χ3n) is 4.16. The lowest BCUT2D eigenvalue weighted by Crippen LogP contribution is -2.39. The van der Waals surface area contributed by atoms with Gasteiger partial charge in [0.2, 0.25) is 5.91 Å². The number of fused-ring (bicyclic) bond motifs is 1. The quantitative estimate of drug-likeness (QED) is 0.430. The molecule has 3 rings (SSSR count). The molecular formula is C17H25IN4O. The van der Waals surface area contributed by atoms with Crippen LogP contribution in [0.1, 0.15) is 25.3 Å². The van der Waals surface area contributed by atoms with Gasteiger partial charge in [0.15, 0.2) is 5.96 Å². The molecule has 1 fully saturated rings. The number of carbonyl (C=O) groups excluding carboxylic acids is 1. The summed E-state index contributed by atoms with van der Waals surface area (Å²) < 4.78 is 0. The van der Waals surface area contributed by atoms with E-state index in [1.165, 1.54) is 18.4 Å². The van der Waals surface area contributed by atoms with E-state index in [0.29, 0.717) is 0 Å². The Hall–Kier alpha value is -1.31. The van der Waals surface area contributed by atoms with Crippen LogP contribution in [-0.4, -0.2) is 38.0 Å². The highest BCUT2D eigenvalue weighted by Gasteiger charge is 2.24. The van der Waals surface area contributed by atoms with Gasteiger partial charge in [-0.2, -0.15) is 0 Å². The first kappa shape index (κ1) is 18.0. The van der Waals surface area contributed by atoms with Crippen molar-refractivity contribution in [1.29, 1.82) is 0 Å². The van der Waals surface area contributed by atoms with E-state index >= 15 is 0 Å². The molecule has 0 spiro atoms. The van der Waals surface area contributed by atoms with Crippen LogP contribution in [0.15, 0.2) is 29.3 Å². The fourth-order valence-electron chi connectivity index (χ4n) is 2.73. The molecule has 23 heavy (non-hydrogen) atoms. The average molecular weight is 428 g/mol. The molecule has 0 saturated heterocycles. The van der Waals surface area contributed by atoms with Gasteiger partial charge >= 0.3 is 0 Å². The summed E-state index contributed by atoms with van der Waals surface area (Å²) in [6.45, 7) is 4.74. The van der Waals surface area contributed by atoms with Crippen molar-refractivity contribution in [3.05, 3.63) is 29.8 Å². The molecule has 2 N–H and O–H groups in total. The molecule has 0 aromatic heterocycles. The van der Waals surface area contributed by atoms with Gasteiger partial charge < -0.3 is 15.5 Å². The predicted molar refractivity (Wildman–Crippen MR) is 105 cm³/mol. The standard InChI is InChI=1S/C17H24N4O.HI/c1-2-18-17(19-11-13-7-8-13)20-12-16(22)21-10-9-14-5-3-4-6-15(14)21;/h3-6,13H,2,7-12H2,1H3,(H2,18,19,20);1H. The number of benzene rings is 1. The fourth-order valence-corrected chi connectivity index (χ4v) is 2.73. The van der Waals surface area contributed by atoms with Crippen molar-refractivity contribution in [2.24, 2.45) is 10.9 Å². The largest absolute Gasteiger partial charge is 0.357 e. The molecule has 0 radical (unpaired) electrons. The number of guanidine groups is 1. The lowest BCUT2D eigenvalue weighted by atomic mass is 10.2. The van der Waals surface area contributed by atoms with Crippen molar-refractivity contribution in [1.82, 2.24) is 10.6 Å². The number of halogens is 1. The summed E-state index contributed by atoms with van der Waals surface area (Å²) in [7, 11) is 0. The maximum atomic E-state index is 12.4. The zero-order valence-electron chi connectivity index (χ0n) is 13.5. The van der Waals surface area contributed by atoms with Crippen molar-refractivity contribution in [2.75, 3.05) is 31.1 Å². The molecule has 1 aromatic carbocycles. The van der Waals surface area contributed by atoms with E-state index in [1.807, 2.05) is 30.0 Å². The number of nitrogens with zero attached hydrogens (tertiary/aromatic N) is 2. The van der Waals surface area contributed by atoms with Crippen LogP contribution in [0.3, 0.4) is 0 Å². The minimum absolute atomic E-state index is 0. The Bertz CT molecular complexity index is 571. The maximum absolute atomic E-state index is 12.4. The SMILES string of the molecule is CCNC(=NCC(=O)N1CCc2ccccc21)NCC1CC1.I. The van der Waals surface area contributed by atoms with E-state index in [2.05, 4.69) is 21.7 Å². The van der Waals surface area contributed by atoms with E-state index < -0.39 is 0 Å². The third-order valence-corrected chi connectivity index (χ3v) is 4.16. The minimum Gasteiger partial charge on any atom is -0.357 e. The third kappa shape index (κ3) is 4.83. The second-order valence-electron chi connectivity index (χ2n) is 5.94. The number of anilines is 1. The van der Waals surface area contributed by atoms with Crippen LogP contribution in [-0.2, 0) is 11.2 Å². The van der Waals surface area contributed by atoms with Gasteiger partial charge in [0.05, 0.1) is 0 Å². The van der Waals surface area contributed by atoms with Crippen LogP contribution >= 0.6 is 24.0 Å². The molecule has 6 heteroatoms. The molecule has 126 valence electrons. The summed E-state index contributed by atoms with van der Waals surface area (Å²) in [5, 5.41) is 6.51. The lowest BCUT2D eigenvalue weighted by molar-refractivity contribution is -0.117. The number of amides is 1. The normalized spacial score (nSPS) is 16.6. The number of hydrogen-bond acceptors (Lipinski definition) is 2. The van der Waals surface area contributed by atoms with E-state index in [1.54, 1.807) is 0 Å². The van der Waals surface area contributed by atoms with Gasteiger partial charge in [-0.15, -0.1) is 24.0 Å². The van der Waals surface area contributed by atoms with Gasteiger partial charge in [0, 0.05) is 25.3 Å². The molecule has 1 aliphatic heterocycles. The van der Waals surface area contributed by atoms with E-state index in [0.717, 1.165) is 43.6 Å². The molecule has 1 amide bonds. The van der Waals surface area contributed by atoms with Crippen LogP contribution in [0, 0.1) is 5.92 Å². The summed E-state index contributed by atoms with van der Waals surface area (Å²) in [5.74, 6) is 1.59. The summed E-state index contributed by atoms with van der Waals surface area (Å²) in [6, 6.07) is 8.11. The molecule has 2 aliphatic rings. The maximum Gasteiger partial charge on any atom is 0.248 e. The molecule has 0 unspecified atom stereocenters. The Kier molecular flexibility index (Phi) is 6.68. The molecule has 1 heterocycles. The number of hydrogen-bond donors (Lipinski definition) is 2. The summed E-state index contributed by atoms with van der Waals surface area (Å²) >= 11 is 0. The zero-order valence-corrected chi connectivity index (χ0v) is 15.9. The molecule has 0 atom stereocenters. The van der Waals surface area contributed by atoms with Gasteiger partial charge in [0.25, 0.3) is 0 Å². The molecular weight excluding hydrogens is 403 g/mol. The fraction of sp³-hybridized carbons (Fsp3) is 0.529. The first-order chi connectivity index (χ1) is 10.8. The highest BCUT2D eigenvalue weighted by Crippen LogP contribution is 2.28. The lowest BCUT2D eigenvalue weighted by Gasteiger charge is -2.17. The van der Waals surface area contributed by atoms with Gasteiger partial charge in [-0.3, -0.25) is 4.79 Å². The zero-order chi connectivity index (χ0) is 15.4. The van der Waals surface area contributed by atoms with Crippen molar-refractivity contribution in [2.45, 2.75) is 26.2 Å². The Balaban J connectivity index is 0.00000192. The molecule has 1 saturated carbocycles. The van der Waals surface area contributed by atoms with Crippen LogP contribution < -0.4 is 15.5 Å². The van der Waals surface area contributed by atoms with E-state index in [9.17, 15) is 4.79 Å². The average Bonchev–Trinajstić information content (AvgIpc) is 3.27. The Morgan fingerprint density at radius 3 is 2.83 bits per heavy atom. The number of rotatable bonds is 5. The summed E-state index contributed by atoms with van der Waals surface area (Å²) in [4.78, 5) is 18.7. The number of carbonyl (C=O) groups is 1. The van der Waals surface area contributed by atoms with E-state index in [4.69, 9.17) is 0 Å². The van der Waals surface area contributed by atoms with Crippen molar-refractivity contribution in [3.63, 3.8) is 0 Å². The van der Waals surface area contributed by atoms with E-state index in [-0.39, 0.29) is 36.4 Å². The summed E-state index contributed by atoms with van der Waals surface area (Å²) in [5.41, 5.74) is 2.29. The Labute approximate surface area is 154 Å². The molecule has 1 aromatic rings. The monoisotopic (exact) mass is 428 g/mol. The number of aliphatic imine (C=N–C) groups is 1.